The second-order valence-corrected chi connectivity index (χ2v) is 35.6. The maximum Gasteiger partial charge on any atom is 0.203 e. The molecular formula is C116H154N4O6. The first-order valence-corrected chi connectivity index (χ1v) is 50.7. The van der Waals surface area contributed by atoms with Crippen molar-refractivity contribution in [3.63, 3.8) is 0 Å². The molecule has 2 aliphatic heterocycles. The zero-order valence-corrected chi connectivity index (χ0v) is 78.5. The third-order valence-electron chi connectivity index (χ3n) is 25.1. The third kappa shape index (κ3) is 31.4. The number of ether oxygens (including phenoxy) is 6. The van der Waals surface area contributed by atoms with E-state index in [9.17, 15) is 0 Å². The lowest BCUT2D eigenvalue weighted by atomic mass is 10.0. The highest BCUT2D eigenvalue weighted by molar-refractivity contribution is 5.97. The molecule has 2 N–H and O–H groups in total. The predicted octanol–water partition coefficient (Wildman–Crippen LogP) is 34.2. The van der Waals surface area contributed by atoms with Gasteiger partial charge < -0.3 is 38.4 Å². The zero-order valence-electron chi connectivity index (χ0n) is 78.5. The smallest absolute Gasteiger partial charge is 0.203 e. The van der Waals surface area contributed by atoms with E-state index in [1.807, 2.05) is 0 Å². The van der Waals surface area contributed by atoms with Crippen LogP contribution in [0.4, 0.5) is 0 Å². The number of H-pyrrole nitrogens is 2. The molecule has 0 saturated carbocycles. The molecule has 3 aromatic heterocycles. The van der Waals surface area contributed by atoms with Gasteiger partial charge in [-0.05, 0) is 156 Å². The minimum Gasteiger partial charge on any atom is -0.490 e. The number of hydrogen-bond acceptors (Lipinski definition) is 8. The second kappa shape index (κ2) is 57.2. The van der Waals surface area contributed by atoms with Crippen LogP contribution in [0.1, 0.15) is 395 Å². The van der Waals surface area contributed by atoms with Crippen molar-refractivity contribution in [3.8, 4) is 80.4 Å². The fourth-order valence-electron chi connectivity index (χ4n) is 17.7. The summed E-state index contributed by atoms with van der Waals surface area (Å²) in [6.07, 6.45) is 66.4. The zero-order chi connectivity index (χ0) is 87.5. The third-order valence-corrected chi connectivity index (χ3v) is 25.1. The van der Waals surface area contributed by atoms with E-state index in [1.165, 1.54) is 231 Å². The molecule has 0 radical (unpaired) electrons. The lowest BCUT2D eigenvalue weighted by Crippen LogP contribution is -2.07. The van der Waals surface area contributed by atoms with E-state index in [-0.39, 0.29) is 0 Å². The van der Waals surface area contributed by atoms with Crippen molar-refractivity contribution in [1.29, 1.82) is 0 Å². The molecule has 2 aliphatic rings. The number of aromatic nitrogens is 4. The van der Waals surface area contributed by atoms with Gasteiger partial charge in [-0.1, -0.05) is 408 Å². The van der Waals surface area contributed by atoms with Crippen LogP contribution in [-0.2, 0) is 0 Å². The molecule has 10 nitrogen and oxygen atoms in total. The summed E-state index contributed by atoms with van der Waals surface area (Å²) in [6.45, 7) is 17.1. The van der Waals surface area contributed by atoms with Crippen LogP contribution in [-0.4, -0.2) is 59.6 Å². The fraction of sp³-hybridized carbons (Fsp3) is 0.517. The number of nitrogens with zero attached hydrogens (tertiary/aromatic N) is 2. The van der Waals surface area contributed by atoms with Crippen LogP contribution in [0.2, 0.25) is 0 Å². The van der Waals surface area contributed by atoms with Crippen molar-refractivity contribution in [3.05, 3.63) is 178 Å². The highest BCUT2D eigenvalue weighted by Gasteiger charge is 2.25. The summed E-state index contributed by atoms with van der Waals surface area (Å²) < 4.78 is 42.9. The summed E-state index contributed by atoms with van der Waals surface area (Å²) in [7, 11) is 0. The Kier molecular flexibility index (Phi) is 44.1. The Bertz CT molecular complexity index is 4680. The van der Waals surface area contributed by atoms with Gasteiger partial charge in [-0.2, -0.15) is 0 Å². The molecule has 11 rings (SSSR count). The van der Waals surface area contributed by atoms with Gasteiger partial charge in [-0.25, -0.2) is 9.97 Å². The molecule has 0 saturated heterocycles. The SMILES string of the molecule is CCCCCCCCCCOc1cc(-c2c3nc(c(C#Cc4cccc5ccccc45)c4ccc([nH]4)c(-c4cc(OCCCCCCCCCC)c(OCCCCCCCCCC)c(OCCCCCCCCCC)c4)c4nc(c(C#Cc5cccc6ccccc56)c5ccc2[nH]5)C=C4)C=C3)cc(OCCCCCCCCCC)c1OCCCCCCCCCC. The van der Waals surface area contributed by atoms with Gasteiger partial charge in [0.25, 0.3) is 0 Å². The van der Waals surface area contributed by atoms with E-state index >= 15 is 0 Å². The van der Waals surface area contributed by atoms with Gasteiger partial charge in [0, 0.05) is 33.3 Å². The molecular weight excluding hydrogens is 1550 g/mol. The van der Waals surface area contributed by atoms with Crippen molar-refractivity contribution in [2.75, 3.05) is 39.6 Å². The van der Waals surface area contributed by atoms with Gasteiger partial charge in [-0.15, -0.1) is 0 Å². The molecule has 8 bridgehead atoms. The molecule has 5 heterocycles. The average molecular weight is 1700 g/mol. The van der Waals surface area contributed by atoms with Crippen molar-refractivity contribution < 1.29 is 28.4 Å². The van der Waals surface area contributed by atoms with Crippen LogP contribution in [0, 0.1) is 23.7 Å². The normalized spacial score (nSPS) is 11.7. The molecule has 9 aromatic rings. The number of rotatable bonds is 62. The van der Waals surface area contributed by atoms with Crippen LogP contribution in [0.25, 0.3) is 90.2 Å². The first kappa shape index (κ1) is 97.0. The molecule has 0 spiro atoms. The van der Waals surface area contributed by atoms with Gasteiger partial charge in [0.2, 0.25) is 11.5 Å². The molecule has 0 fully saturated rings. The molecule has 0 amide bonds. The Morgan fingerprint density at radius 3 is 0.778 bits per heavy atom. The molecule has 0 aliphatic carbocycles. The highest BCUT2D eigenvalue weighted by atomic mass is 16.5. The summed E-state index contributed by atoms with van der Waals surface area (Å²) in [6, 6.07) is 47.4. The number of fused-ring (bicyclic) bond motifs is 10. The molecule has 0 unspecified atom stereocenters. The summed E-state index contributed by atoms with van der Waals surface area (Å²) in [5.41, 5.74) is 13.1. The minimum absolute atomic E-state index is 0.555. The van der Waals surface area contributed by atoms with E-state index in [1.54, 1.807) is 0 Å². The Morgan fingerprint density at radius 1 is 0.238 bits per heavy atom. The Hall–Kier alpha value is -9.64. The molecule has 126 heavy (non-hydrogen) atoms. The largest absolute Gasteiger partial charge is 0.490 e. The highest BCUT2D eigenvalue weighted by Crippen LogP contribution is 2.47. The van der Waals surface area contributed by atoms with E-state index in [4.69, 9.17) is 38.4 Å². The Labute approximate surface area is 759 Å². The lowest BCUT2D eigenvalue weighted by molar-refractivity contribution is 0.234. The molecule has 10 heteroatoms. The summed E-state index contributed by atoms with van der Waals surface area (Å²) in [5.74, 6) is 19.2. The summed E-state index contributed by atoms with van der Waals surface area (Å²) in [4.78, 5) is 19.8. The maximum absolute atomic E-state index is 7.18. The first-order valence-electron chi connectivity index (χ1n) is 50.7. The number of aromatic amines is 2. The van der Waals surface area contributed by atoms with Crippen molar-refractivity contribution in [2.45, 2.75) is 350 Å². The van der Waals surface area contributed by atoms with E-state index in [2.05, 4.69) is 233 Å². The van der Waals surface area contributed by atoms with Crippen LogP contribution in [0.5, 0.6) is 34.5 Å². The fourth-order valence-corrected chi connectivity index (χ4v) is 17.7. The van der Waals surface area contributed by atoms with Gasteiger partial charge in [0.1, 0.15) is 0 Å². The summed E-state index contributed by atoms with van der Waals surface area (Å²) in [5, 5.41) is 4.44. The Balaban J connectivity index is 1.13. The van der Waals surface area contributed by atoms with Crippen LogP contribution >= 0.6 is 0 Å². The monoisotopic (exact) mass is 1700 g/mol. The van der Waals surface area contributed by atoms with Gasteiger partial charge in [0.05, 0.1) is 84.6 Å². The van der Waals surface area contributed by atoms with E-state index < -0.39 is 0 Å². The van der Waals surface area contributed by atoms with Crippen molar-refractivity contribution >= 4 is 67.9 Å². The van der Waals surface area contributed by atoms with Crippen LogP contribution in [0.3, 0.4) is 0 Å². The van der Waals surface area contributed by atoms with Gasteiger partial charge in [0.15, 0.2) is 23.0 Å². The summed E-state index contributed by atoms with van der Waals surface area (Å²) >= 11 is 0. The lowest BCUT2D eigenvalue weighted by Gasteiger charge is -2.19. The van der Waals surface area contributed by atoms with Gasteiger partial charge in [-0.3, -0.25) is 0 Å². The second-order valence-electron chi connectivity index (χ2n) is 35.6. The van der Waals surface area contributed by atoms with E-state index in [0.29, 0.717) is 74.1 Å². The van der Waals surface area contributed by atoms with Crippen molar-refractivity contribution in [1.82, 2.24) is 19.9 Å². The molecule has 674 valence electrons. The number of benzene rings is 6. The minimum atomic E-state index is 0.555. The van der Waals surface area contributed by atoms with Crippen LogP contribution in [0.15, 0.2) is 133 Å². The number of hydrogen-bond donors (Lipinski definition) is 2. The first-order chi connectivity index (χ1) is 62.4. The Morgan fingerprint density at radius 2 is 0.484 bits per heavy atom. The average Bonchev–Trinajstić information content (AvgIpc) is 1.53. The topological polar surface area (TPSA) is 113 Å². The molecule has 0 atom stereocenters. The number of nitrogens with one attached hydrogen (secondary N) is 2. The van der Waals surface area contributed by atoms with Crippen LogP contribution < -0.4 is 28.4 Å². The van der Waals surface area contributed by atoms with E-state index in [0.717, 1.165) is 188 Å². The quantitative estimate of drug-likeness (QED) is 0.0286. The number of unbranched alkanes of at least 4 members (excludes halogenated alkanes) is 42. The molecule has 6 aromatic carbocycles. The van der Waals surface area contributed by atoms with Gasteiger partial charge >= 0.3 is 0 Å². The van der Waals surface area contributed by atoms with Crippen molar-refractivity contribution in [2.24, 2.45) is 0 Å². The maximum atomic E-state index is 7.18. The standard InChI is InChI=1S/C116H154N4O6/c1-7-13-19-25-31-37-43-53-81-121-109-87-95(88-110(122-82-54-44-38-32-26-20-14-8-2)115(109)125-85-57-47-41-35-29-23-17-11-5)113-105-77-73-101(117-105)99(71-69-93-65-59-63-91-61-49-51-67-97(91)93)103-75-79-107(119-103)114(108-80-76-104(120-108)100(102-74-78-106(113)118-102)72-70-94-66-60-64-92-62-50-52-68-98(92)94)96-89-111(123-83-55-45-39-33-27-21-15-9-3)116(126-86-58-48-42-36-30-24-18-12-6)112(90-96)124-84-56-46-40-34-28-22-16-10-4/h49-52,59-68,73-80,87-90,117,120H,7-48,53-58,81-86H2,1-6H3. The predicted molar refractivity (Wildman–Crippen MR) is 538 cm³/mol.